The van der Waals surface area contributed by atoms with E-state index >= 15 is 0 Å². The lowest BCUT2D eigenvalue weighted by Gasteiger charge is -2.03. The van der Waals surface area contributed by atoms with Gasteiger partial charge in [0.15, 0.2) is 0 Å². The molecule has 4 nitrogen and oxygen atoms in total. The van der Waals surface area contributed by atoms with E-state index in [4.69, 9.17) is 5.84 Å². The monoisotopic (exact) mass is 238 g/mol. The number of rotatable bonds is 1. The molecule has 3 N–H and O–H groups in total. The first kappa shape index (κ1) is 8.40. The SMILES string of the molecule is NNc1cnnc2ccc(Br)cc12. The number of aromatic nitrogens is 2. The molecule has 0 aliphatic heterocycles. The molecule has 0 aliphatic rings. The van der Waals surface area contributed by atoms with Gasteiger partial charge in [-0.05, 0) is 18.2 Å². The number of fused-ring (bicyclic) bond motifs is 1. The zero-order valence-electron chi connectivity index (χ0n) is 6.66. The van der Waals surface area contributed by atoms with Crippen LogP contribution in [-0.4, -0.2) is 10.2 Å². The molecular formula is C8H7BrN4. The average molecular weight is 239 g/mol. The quantitative estimate of drug-likeness (QED) is 0.587. The van der Waals surface area contributed by atoms with Gasteiger partial charge >= 0.3 is 0 Å². The van der Waals surface area contributed by atoms with Crippen molar-refractivity contribution in [1.29, 1.82) is 0 Å². The summed E-state index contributed by atoms with van der Waals surface area (Å²) in [4.78, 5) is 0. The molecule has 5 heteroatoms. The fourth-order valence-corrected chi connectivity index (χ4v) is 1.51. The Bertz CT molecular complexity index is 443. The average Bonchev–Trinajstić information content (AvgIpc) is 2.17. The molecule has 0 saturated heterocycles. The lowest BCUT2D eigenvalue weighted by atomic mass is 10.2. The van der Waals surface area contributed by atoms with Crippen molar-refractivity contribution in [2.24, 2.45) is 5.84 Å². The molecule has 0 radical (unpaired) electrons. The number of nitrogens with zero attached hydrogens (tertiary/aromatic N) is 2. The van der Waals surface area contributed by atoms with Crippen LogP contribution >= 0.6 is 15.9 Å². The van der Waals surface area contributed by atoms with Crippen LogP contribution in [0.5, 0.6) is 0 Å². The third-order valence-corrected chi connectivity index (χ3v) is 2.25. The molecule has 0 atom stereocenters. The van der Waals surface area contributed by atoms with Gasteiger partial charge in [-0.2, -0.15) is 10.2 Å². The first-order valence-electron chi connectivity index (χ1n) is 3.69. The standard InChI is InChI=1S/C8H7BrN4/c9-5-1-2-7-6(3-5)8(12-10)4-11-13-7/h1-4H,10H2,(H,12,13). The molecular weight excluding hydrogens is 232 g/mol. The molecule has 2 rings (SSSR count). The maximum atomic E-state index is 5.33. The third-order valence-electron chi connectivity index (χ3n) is 1.76. The van der Waals surface area contributed by atoms with Gasteiger partial charge in [0.2, 0.25) is 0 Å². The van der Waals surface area contributed by atoms with Crippen molar-refractivity contribution >= 4 is 32.5 Å². The number of hydrazine groups is 1. The van der Waals surface area contributed by atoms with Crippen LogP contribution in [0.15, 0.2) is 28.9 Å². The molecule has 2 aromatic rings. The second-order valence-corrected chi connectivity index (χ2v) is 3.48. The number of nitrogens with two attached hydrogens (primary N) is 1. The predicted molar refractivity (Wildman–Crippen MR) is 55.0 cm³/mol. The van der Waals surface area contributed by atoms with Gasteiger partial charge in [0, 0.05) is 9.86 Å². The molecule has 0 bridgehead atoms. The van der Waals surface area contributed by atoms with E-state index in [1.165, 1.54) is 0 Å². The van der Waals surface area contributed by atoms with Crippen molar-refractivity contribution in [2.75, 3.05) is 5.43 Å². The fourth-order valence-electron chi connectivity index (χ4n) is 1.14. The Morgan fingerprint density at radius 2 is 2.23 bits per heavy atom. The third kappa shape index (κ3) is 1.48. The summed E-state index contributed by atoms with van der Waals surface area (Å²) in [6, 6.07) is 5.74. The number of benzene rings is 1. The van der Waals surface area contributed by atoms with Crippen LogP contribution in [0.4, 0.5) is 5.69 Å². The van der Waals surface area contributed by atoms with Crippen molar-refractivity contribution in [3.63, 3.8) is 0 Å². The van der Waals surface area contributed by atoms with E-state index in [2.05, 4.69) is 31.6 Å². The second-order valence-electron chi connectivity index (χ2n) is 2.56. The Hall–Kier alpha value is -1.20. The lowest BCUT2D eigenvalue weighted by molar-refractivity contribution is 1.07. The first-order chi connectivity index (χ1) is 6.31. The maximum Gasteiger partial charge on any atom is 0.0951 e. The minimum atomic E-state index is 0.770. The van der Waals surface area contributed by atoms with Crippen LogP contribution in [0.2, 0.25) is 0 Å². The van der Waals surface area contributed by atoms with Gasteiger partial charge in [0.05, 0.1) is 17.4 Å². The van der Waals surface area contributed by atoms with Gasteiger partial charge in [-0.1, -0.05) is 15.9 Å². The smallest absolute Gasteiger partial charge is 0.0951 e. The molecule has 0 spiro atoms. The Morgan fingerprint density at radius 3 is 3.00 bits per heavy atom. The number of nitrogen functional groups attached to an aromatic ring is 1. The summed E-state index contributed by atoms with van der Waals surface area (Å²) in [5.74, 6) is 5.33. The van der Waals surface area contributed by atoms with Crippen LogP contribution in [0.1, 0.15) is 0 Å². The van der Waals surface area contributed by atoms with Gasteiger partial charge in [-0.3, -0.25) is 5.84 Å². The Kier molecular flexibility index (Phi) is 2.12. The maximum absolute atomic E-state index is 5.33. The van der Waals surface area contributed by atoms with Gasteiger partial charge in [-0.25, -0.2) is 0 Å². The zero-order chi connectivity index (χ0) is 9.26. The van der Waals surface area contributed by atoms with Crippen LogP contribution in [0.25, 0.3) is 10.9 Å². The van der Waals surface area contributed by atoms with Gasteiger partial charge in [0.1, 0.15) is 0 Å². The van der Waals surface area contributed by atoms with Crippen molar-refractivity contribution in [1.82, 2.24) is 10.2 Å². The minimum absolute atomic E-state index is 0.770. The minimum Gasteiger partial charge on any atom is -0.322 e. The van der Waals surface area contributed by atoms with Gasteiger partial charge in [0.25, 0.3) is 0 Å². The largest absolute Gasteiger partial charge is 0.322 e. The highest BCUT2D eigenvalue weighted by Crippen LogP contribution is 2.23. The molecule has 0 amide bonds. The Balaban J connectivity index is 2.79. The van der Waals surface area contributed by atoms with Crippen LogP contribution < -0.4 is 11.3 Å². The van der Waals surface area contributed by atoms with Crippen LogP contribution in [-0.2, 0) is 0 Å². The van der Waals surface area contributed by atoms with Gasteiger partial charge < -0.3 is 5.43 Å². The van der Waals surface area contributed by atoms with E-state index in [0.717, 1.165) is 21.1 Å². The van der Waals surface area contributed by atoms with Crippen LogP contribution in [0, 0.1) is 0 Å². The fraction of sp³-hybridized carbons (Fsp3) is 0. The number of halogens is 1. The molecule has 13 heavy (non-hydrogen) atoms. The summed E-state index contributed by atoms with van der Waals surface area (Å²) in [7, 11) is 0. The molecule has 0 aliphatic carbocycles. The molecule has 0 unspecified atom stereocenters. The number of nitrogens with one attached hydrogen (secondary N) is 1. The molecule has 1 aromatic heterocycles. The molecule has 0 fully saturated rings. The second kappa shape index (κ2) is 3.27. The number of hydrogen-bond donors (Lipinski definition) is 2. The summed E-state index contributed by atoms with van der Waals surface area (Å²) in [5.41, 5.74) is 4.16. The summed E-state index contributed by atoms with van der Waals surface area (Å²) in [5, 5.41) is 8.72. The summed E-state index contributed by atoms with van der Waals surface area (Å²) >= 11 is 3.38. The zero-order valence-corrected chi connectivity index (χ0v) is 8.25. The Morgan fingerprint density at radius 1 is 1.38 bits per heavy atom. The van der Waals surface area contributed by atoms with E-state index in [-0.39, 0.29) is 0 Å². The number of anilines is 1. The van der Waals surface area contributed by atoms with Gasteiger partial charge in [-0.15, -0.1) is 0 Å². The topological polar surface area (TPSA) is 63.8 Å². The lowest BCUT2D eigenvalue weighted by Crippen LogP contribution is -2.07. The van der Waals surface area contributed by atoms with Crippen molar-refractivity contribution in [2.45, 2.75) is 0 Å². The predicted octanol–water partition coefficient (Wildman–Crippen LogP) is 1.68. The van der Waals surface area contributed by atoms with Crippen LogP contribution in [0.3, 0.4) is 0 Å². The normalized spacial score (nSPS) is 10.3. The molecule has 66 valence electrons. The van der Waals surface area contributed by atoms with Crippen molar-refractivity contribution in [3.8, 4) is 0 Å². The number of hydrogen-bond acceptors (Lipinski definition) is 4. The summed E-state index contributed by atoms with van der Waals surface area (Å²) < 4.78 is 0.990. The van der Waals surface area contributed by atoms with Crippen molar-refractivity contribution in [3.05, 3.63) is 28.9 Å². The summed E-state index contributed by atoms with van der Waals surface area (Å²) in [6.45, 7) is 0. The highest BCUT2D eigenvalue weighted by atomic mass is 79.9. The van der Waals surface area contributed by atoms with E-state index < -0.39 is 0 Å². The van der Waals surface area contributed by atoms with Crippen molar-refractivity contribution < 1.29 is 0 Å². The summed E-state index contributed by atoms with van der Waals surface area (Å²) in [6.07, 6.45) is 1.59. The highest BCUT2D eigenvalue weighted by Gasteiger charge is 2.01. The van der Waals surface area contributed by atoms with E-state index in [9.17, 15) is 0 Å². The highest BCUT2D eigenvalue weighted by molar-refractivity contribution is 9.10. The molecule has 1 heterocycles. The molecule has 0 saturated carbocycles. The van der Waals surface area contributed by atoms with E-state index in [1.807, 2.05) is 18.2 Å². The first-order valence-corrected chi connectivity index (χ1v) is 4.48. The molecule has 1 aromatic carbocycles. The van der Waals surface area contributed by atoms with E-state index in [1.54, 1.807) is 6.20 Å². The van der Waals surface area contributed by atoms with E-state index in [0.29, 0.717) is 0 Å². The Labute approximate surface area is 83.2 Å².